The number of benzene rings is 3. The van der Waals surface area contributed by atoms with Crippen molar-refractivity contribution in [3.8, 4) is 16.9 Å². The molecule has 1 saturated heterocycles. The van der Waals surface area contributed by atoms with Crippen LogP contribution in [0, 0.1) is 29.1 Å². The average Bonchev–Trinajstić information content (AvgIpc) is 2.92. The summed E-state index contributed by atoms with van der Waals surface area (Å²) in [5.74, 6) is -5.73. The van der Waals surface area contributed by atoms with Gasteiger partial charge in [-0.05, 0) is 80.3 Å². The molecule has 1 aliphatic rings. The molecule has 1 aliphatic heterocycles. The summed E-state index contributed by atoms with van der Waals surface area (Å²) in [5.41, 5.74) is 0.967. The fourth-order valence-electron chi connectivity index (χ4n) is 4.91. The molecule has 38 heavy (non-hydrogen) atoms. The van der Waals surface area contributed by atoms with Gasteiger partial charge in [-0.1, -0.05) is 30.3 Å². The summed E-state index contributed by atoms with van der Waals surface area (Å²) in [5, 5.41) is 0. The molecule has 2 atom stereocenters. The van der Waals surface area contributed by atoms with Crippen LogP contribution in [0.2, 0.25) is 0 Å². The van der Waals surface area contributed by atoms with Crippen LogP contribution in [0.5, 0.6) is 5.75 Å². The first-order valence-electron chi connectivity index (χ1n) is 12.9. The van der Waals surface area contributed by atoms with Crippen LogP contribution in [-0.4, -0.2) is 19.3 Å². The lowest BCUT2D eigenvalue weighted by molar-refractivity contribution is -0.00127. The topological polar surface area (TPSA) is 18.5 Å². The highest BCUT2D eigenvalue weighted by atomic mass is 19.2. The van der Waals surface area contributed by atoms with E-state index < -0.39 is 23.3 Å². The van der Waals surface area contributed by atoms with Crippen molar-refractivity contribution in [3.63, 3.8) is 0 Å². The number of aryl methyl sites for hydroxylation is 2. The molecule has 0 N–H and O–H groups in total. The molecule has 1 heterocycles. The van der Waals surface area contributed by atoms with Crippen molar-refractivity contribution in [2.45, 2.75) is 57.5 Å². The summed E-state index contributed by atoms with van der Waals surface area (Å²) in [6, 6.07) is 10.3. The number of allylic oxidation sites excluding steroid dienone is 1. The van der Waals surface area contributed by atoms with Gasteiger partial charge in [0.1, 0.15) is 5.82 Å². The normalized spacial score (nSPS) is 17.4. The standard InChI is InChI=1S/C31H31F5O2/c1-3-5-6-20-9-7-19(17-26(20)32)8-11-22-12-10-21(18-38-22)23-13-14-24(29(34)28(23)33)25-15-16-27(37-4-2)31(36)30(25)35/h3,7,9,13-17,21-22H,1,4-6,8,10-12,18H2,2H3. The number of halogens is 5. The minimum Gasteiger partial charge on any atom is -0.491 e. The fraction of sp³-hybridized carbons (Fsp3) is 0.355. The van der Waals surface area contributed by atoms with Crippen molar-refractivity contribution in [1.82, 2.24) is 0 Å². The summed E-state index contributed by atoms with van der Waals surface area (Å²) in [6.07, 6.45) is 5.60. The van der Waals surface area contributed by atoms with Crippen molar-refractivity contribution in [3.05, 3.63) is 101 Å². The molecule has 0 saturated carbocycles. The quantitative estimate of drug-likeness (QED) is 0.193. The third kappa shape index (κ3) is 6.09. The Bertz CT molecular complexity index is 1280. The van der Waals surface area contributed by atoms with E-state index in [1.54, 1.807) is 25.1 Å². The van der Waals surface area contributed by atoms with Crippen LogP contribution >= 0.6 is 0 Å². The summed E-state index contributed by atoms with van der Waals surface area (Å²) in [6.45, 7) is 5.64. The molecule has 3 aromatic carbocycles. The van der Waals surface area contributed by atoms with E-state index in [-0.39, 0.29) is 53.5 Å². The van der Waals surface area contributed by atoms with Crippen LogP contribution < -0.4 is 4.74 Å². The lowest BCUT2D eigenvalue weighted by Crippen LogP contribution is -2.26. The van der Waals surface area contributed by atoms with Gasteiger partial charge in [-0.2, -0.15) is 4.39 Å². The predicted octanol–water partition coefficient (Wildman–Crippen LogP) is 8.46. The summed E-state index contributed by atoms with van der Waals surface area (Å²) < 4.78 is 84.2. The Morgan fingerprint density at radius 2 is 1.63 bits per heavy atom. The molecule has 4 rings (SSSR count). The van der Waals surface area contributed by atoms with E-state index in [0.29, 0.717) is 37.7 Å². The molecule has 7 heteroatoms. The van der Waals surface area contributed by atoms with E-state index in [2.05, 4.69) is 6.58 Å². The Morgan fingerprint density at radius 1 is 0.895 bits per heavy atom. The van der Waals surface area contributed by atoms with E-state index >= 15 is 8.78 Å². The van der Waals surface area contributed by atoms with Crippen molar-refractivity contribution in [2.24, 2.45) is 0 Å². The Hall–Kier alpha value is -3.19. The van der Waals surface area contributed by atoms with Crippen LogP contribution in [0.4, 0.5) is 22.0 Å². The second kappa shape index (κ2) is 12.6. The molecule has 0 spiro atoms. The molecule has 3 aromatic rings. The Balaban J connectivity index is 1.38. The summed E-state index contributed by atoms with van der Waals surface area (Å²) >= 11 is 0. The van der Waals surface area contributed by atoms with Crippen LogP contribution in [0.3, 0.4) is 0 Å². The van der Waals surface area contributed by atoms with Crippen molar-refractivity contribution in [1.29, 1.82) is 0 Å². The molecule has 0 aromatic heterocycles. The molecule has 0 aliphatic carbocycles. The zero-order valence-corrected chi connectivity index (χ0v) is 21.3. The van der Waals surface area contributed by atoms with E-state index in [1.807, 2.05) is 6.07 Å². The fourth-order valence-corrected chi connectivity index (χ4v) is 4.91. The molecular weight excluding hydrogens is 499 g/mol. The van der Waals surface area contributed by atoms with Gasteiger partial charge < -0.3 is 9.47 Å². The van der Waals surface area contributed by atoms with Gasteiger partial charge in [0.05, 0.1) is 19.3 Å². The Labute approximate surface area is 220 Å². The number of rotatable bonds is 10. The smallest absolute Gasteiger partial charge is 0.201 e. The molecule has 0 bridgehead atoms. The third-order valence-electron chi connectivity index (χ3n) is 7.05. The van der Waals surface area contributed by atoms with Crippen molar-refractivity contribution < 1.29 is 31.4 Å². The van der Waals surface area contributed by atoms with Gasteiger partial charge in [0.25, 0.3) is 0 Å². The molecule has 2 nitrogen and oxygen atoms in total. The van der Waals surface area contributed by atoms with Crippen molar-refractivity contribution >= 4 is 0 Å². The van der Waals surface area contributed by atoms with Gasteiger partial charge in [-0.25, -0.2) is 17.6 Å². The van der Waals surface area contributed by atoms with Crippen LogP contribution in [0.25, 0.3) is 11.1 Å². The molecule has 0 radical (unpaired) electrons. The van der Waals surface area contributed by atoms with E-state index in [1.165, 1.54) is 24.3 Å². The Kier molecular flexibility index (Phi) is 9.21. The Morgan fingerprint density at radius 3 is 2.29 bits per heavy atom. The van der Waals surface area contributed by atoms with Crippen molar-refractivity contribution in [2.75, 3.05) is 13.2 Å². The maximum atomic E-state index is 15.1. The minimum atomic E-state index is -1.29. The third-order valence-corrected chi connectivity index (χ3v) is 7.05. The lowest BCUT2D eigenvalue weighted by atomic mass is 9.88. The first-order chi connectivity index (χ1) is 18.3. The zero-order chi connectivity index (χ0) is 27.2. The van der Waals surface area contributed by atoms with Gasteiger partial charge >= 0.3 is 0 Å². The van der Waals surface area contributed by atoms with E-state index in [9.17, 15) is 13.2 Å². The highest BCUT2D eigenvalue weighted by molar-refractivity contribution is 5.66. The molecule has 1 fully saturated rings. The molecule has 202 valence electrons. The number of hydrogen-bond acceptors (Lipinski definition) is 2. The monoisotopic (exact) mass is 530 g/mol. The van der Waals surface area contributed by atoms with Crippen LogP contribution in [-0.2, 0) is 17.6 Å². The average molecular weight is 531 g/mol. The van der Waals surface area contributed by atoms with Gasteiger partial charge in [-0.15, -0.1) is 6.58 Å². The second-order valence-corrected chi connectivity index (χ2v) is 9.52. The first kappa shape index (κ1) is 27.8. The highest BCUT2D eigenvalue weighted by Crippen LogP contribution is 2.37. The maximum absolute atomic E-state index is 15.1. The molecule has 0 amide bonds. The lowest BCUT2D eigenvalue weighted by Gasteiger charge is -2.30. The largest absolute Gasteiger partial charge is 0.491 e. The van der Waals surface area contributed by atoms with E-state index in [0.717, 1.165) is 12.0 Å². The molecule has 2 unspecified atom stereocenters. The van der Waals surface area contributed by atoms with Crippen LogP contribution in [0.15, 0.2) is 55.1 Å². The van der Waals surface area contributed by atoms with Crippen LogP contribution in [0.1, 0.15) is 55.2 Å². The van der Waals surface area contributed by atoms with E-state index in [4.69, 9.17) is 9.47 Å². The zero-order valence-electron chi connectivity index (χ0n) is 21.3. The van der Waals surface area contributed by atoms with Gasteiger partial charge in [0.2, 0.25) is 5.82 Å². The second-order valence-electron chi connectivity index (χ2n) is 9.52. The number of hydrogen-bond donors (Lipinski definition) is 0. The number of ether oxygens (including phenoxy) is 2. The summed E-state index contributed by atoms with van der Waals surface area (Å²) in [7, 11) is 0. The minimum absolute atomic E-state index is 0.0668. The van der Waals surface area contributed by atoms with Gasteiger partial charge in [-0.3, -0.25) is 0 Å². The predicted molar refractivity (Wildman–Crippen MR) is 138 cm³/mol. The SMILES string of the molecule is C=CCCc1ccc(CCC2CCC(c3ccc(-c4ccc(OCC)c(F)c4F)c(F)c3F)CO2)cc1F. The maximum Gasteiger partial charge on any atom is 0.201 e. The first-order valence-corrected chi connectivity index (χ1v) is 12.9. The molecular formula is C31H31F5O2. The summed E-state index contributed by atoms with van der Waals surface area (Å²) in [4.78, 5) is 0. The van der Waals surface area contributed by atoms with Gasteiger partial charge in [0.15, 0.2) is 23.2 Å². The van der Waals surface area contributed by atoms with Gasteiger partial charge in [0, 0.05) is 17.0 Å². The highest BCUT2D eigenvalue weighted by Gasteiger charge is 2.28.